The zero-order valence-electron chi connectivity index (χ0n) is 19.9. The Balaban J connectivity index is 1.48. The van der Waals surface area contributed by atoms with Gasteiger partial charge in [-0.1, -0.05) is 30.3 Å². The lowest BCUT2D eigenvalue weighted by molar-refractivity contribution is 0.0945. The van der Waals surface area contributed by atoms with Crippen LogP contribution >= 0.6 is 0 Å². The van der Waals surface area contributed by atoms with Crippen LogP contribution in [-0.4, -0.2) is 41.5 Å². The summed E-state index contributed by atoms with van der Waals surface area (Å²) < 4.78 is 29.9. The number of rotatable bonds is 4. The van der Waals surface area contributed by atoms with Crippen LogP contribution in [0.3, 0.4) is 0 Å². The van der Waals surface area contributed by atoms with E-state index in [2.05, 4.69) is 35.1 Å². The summed E-state index contributed by atoms with van der Waals surface area (Å²) >= 11 is 0. The van der Waals surface area contributed by atoms with Gasteiger partial charge in [-0.3, -0.25) is 9.69 Å². The highest BCUT2D eigenvalue weighted by Crippen LogP contribution is 2.35. The van der Waals surface area contributed by atoms with Gasteiger partial charge in [-0.2, -0.15) is 4.39 Å². The molecule has 0 fully saturated rings. The molecule has 0 aliphatic carbocycles. The molecule has 2 aliphatic rings. The molecule has 1 amide bonds. The van der Waals surface area contributed by atoms with Crippen molar-refractivity contribution >= 4 is 17.3 Å². The van der Waals surface area contributed by atoms with Gasteiger partial charge in [0.25, 0.3) is 5.91 Å². The molecule has 0 atom stereocenters. The molecule has 2 aromatic carbocycles. The number of anilines is 1. The van der Waals surface area contributed by atoms with Crippen molar-refractivity contribution in [1.82, 2.24) is 15.2 Å². The predicted molar refractivity (Wildman–Crippen MR) is 135 cm³/mol. The number of hydrogen-bond donors (Lipinski definition) is 2. The molecule has 0 unspecified atom stereocenters. The van der Waals surface area contributed by atoms with Crippen molar-refractivity contribution in [2.75, 3.05) is 25.4 Å². The maximum atomic E-state index is 15.0. The van der Waals surface area contributed by atoms with Crippen molar-refractivity contribution in [1.29, 1.82) is 0 Å². The van der Waals surface area contributed by atoms with E-state index in [1.54, 1.807) is 12.1 Å². The number of fused-ring (bicyclic) bond motifs is 1. The number of nitrogens with two attached hydrogens (primary N) is 1. The van der Waals surface area contributed by atoms with Gasteiger partial charge in [0, 0.05) is 47.9 Å². The van der Waals surface area contributed by atoms with E-state index in [4.69, 9.17) is 5.73 Å². The summed E-state index contributed by atoms with van der Waals surface area (Å²) in [4.78, 5) is 18.4. The Morgan fingerprint density at radius 1 is 0.971 bits per heavy atom. The fourth-order valence-corrected chi connectivity index (χ4v) is 4.85. The van der Waals surface area contributed by atoms with E-state index >= 15 is 4.39 Å². The largest absolute Gasteiger partial charge is 0.383 e. The van der Waals surface area contributed by atoms with Gasteiger partial charge in [0.1, 0.15) is 11.6 Å². The number of carbonyl (C=O) groups excluding carboxylic acids is 1. The first-order chi connectivity index (χ1) is 16.8. The monoisotopic (exact) mass is 474 g/mol. The molecule has 3 N–H and O–H groups in total. The van der Waals surface area contributed by atoms with Crippen LogP contribution in [0.15, 0.2) is 48.5 Å². The van der Waals surface area contributed by atoms with E-state index in [-0.39, 0.29) is 22.9 Å². The van der Waals surface area contributed by atoms with E-state index in [1.165, 1.54) is 11.6 Å². The Morgan fingerprint density at radius 3 is 2.40 bits per heavy atom. The third kappa shape index (κ3) is 4.44. The summed E-state index contributed by atoms with van der Waals surface area (Å²) in [5.74, 6) is -1.69. The summed E-state index contributed by atoms with van der Waals surface area (Å²) in [5, 5.41) is 2.71. The highest BCUT2D eigenvalue weighted by Gasteiger charge is 2.22. The molecule has 1 aromatic heterocycles. The first-order valence-electron chi connectivity index (χ1n) is 11.9. The minimum Gasteiger partial charge on any atom is -0.383 e. The van der Waals surface area contributed by atoms with Gasteiger partial charge in [0.05, 0.1) is 0 Å². The van der Waals surface area contributed by atoms with Gasteiger partial charge >= 0.3 is 0 Å². The van der Waals surface area contributed by atoms with Crippen molar-refractivity contribution < 1.29 is 13.6 Å². The molecule has 0 spiro atoms. The number of nitrogens with zero attached hydrogens (tertiary/aromatic N) is 2. The van der Waals surface area contributed by atoms with Crippen LogP contribution < -0.4 is 11.1 Å². The summed E-state index contributed by atoms with van der Waals surface area (Å²) in [7, 11) is 0. The number of hydrogen-bond acceptors (Lipinski definition) is 4. The van der Waals surface area contributed by atoms with Gasteiger partial charge in [-0.15, -0.1) is 0 Å². The van der Waals surface area contributed by atoms with E-state index in [0.717, 1.165) is 30.6 Å². The van der Waals surface area contributed by atoms with Crippen LogP contribution in [0.1, 0.15) is 41.8 Å². The standard InChI is InChI=1S/C28H28F2N4O/c1-16(2)34-11-8-18(9-12-34)17-3-5-19(6-4-17)21-14-24(27(31)33-26(21)30)23-13-20-7-10-32-28(35)22(20)15-25(23)29/h3-6,8,13-16H,7,9-12H2,1-2H3,(H2,31,33)(H,32,35). The van der Waals surface area contributed by atoms with Crippen molar-refractivity contribution in [3.8, 4) is 22.3 Å². The van der Waals surface area contributed by atoms with Crippen LogP contribution in [0, 0.1) is 11.8 Å². The first-order valence-corrected chi connectivity index (χ1v) is 11.9. The minimum absolute atomic E-state index is 0.0935. The van der Waals surface area contributed by atoms with Crippen molar-refractivity contribution in [2.24, 2.45) is 0 Å². The second-order valence-electron chi connectivity index (χ2n) is 9.40. The maximum Gasteiger partial charge on any atom is 0.251 e. The molecule has 3 aromatic rings. The Labute approximate surface area is 203 Å². The molecule has 5 rings (SSSR count). The zero-order valence-corrected chi connectivity index (χ0v) is 19.9. The van der Waals surface area contributed by atoms with E-state index < -0.39 is 11.8 Å². The van der Waals surface area contributed by atoms with Gasteiger partial charge in [-0.25, -0.2) is 9.37 Å². The molecule has 0 saturated carbocycles. The predicted octanol–water partition coefficient (Wildman–Crippen LogP) is 5.06. The SMILES string of the molecule is CC(C)N1CC=C(c2ccc(-c3cc(-c4cc5c(cc4F)C(=O)NCC5)c(N)nc3F)cc2)CC1. The number of benzene rings is 2. The van der Waals surface area contributed by atoms with Crippen LogP contribution in [0.5, 0.6) is 0 Å². The molecule has 7 heteroatoms. The summed E-state index contributed by atoms with van der Waals surface area (Å²) in [5.41, 5.74) is 10.9. The molecule has 35 heavy (non-hydrogen) atoms. The zero-order chi connectivity index (χ0) is 24.7. The number of aromatic nitrogens is 1. The summed E-state index contributed by atoms with van der Waals surface area (Å²) in [6, 6.07) is 12.6. The Kier molecular flexibility index (Phi) is 6.11. The summed E-state index contributed by atoms with van der Waals surface area (Å²) in [6.07, 6.45) is 3.80. The highest BCUT2D eigenvalue weighted by molar-refractivity contribution is 5.97. The summed E-state index contributed by atoms with van der Waals surface area (Å²) in [6.45, 7) is 6.81. The van der Waals surface area contributed by atoms with Gasteiger partial charge in [0.15, 0.2) is 0 Å². The van der Waals surface area contributed by atoms with Gasteiger partial charge in [0.2, 0.25) is 5.95 Å². The number of amides is 1. The molecule has 2 aliphatic heterocycles. The van der Waals surface area contributed by atoms with Gasteiger partial charge in [-0.05, 0) is 67.2 Å². The third-order valence-electron chi connectivity index (χ3n) is 6.95. The number of halogens is 2. The topological polar surface area (TPSA) is 71.2 Å². The van der Waals surface area contributed by atoms with E-state index in [1.807, 2.05) is 24.3 Å². The quantitative estimate of drug-likeness (QED) is 0.519. The fraction of sp³-hybridized carbons (Fsp3) is 0.286. The Morgan fingerprint density at radius 2 is 1.71 bits per heavy atom. The van der Waals surface area contributed by atoms with E-state index in [0.29, 0.717) is 35.7 Å². The number of carbonyl (C=O) groups is 1. The van der Waals surface area contributed by atoms with Crippen molar-refractivity contribution in [2.45, 2.75) is 32.7 Å². The van der Waals surface area contributed by atoms with Crippen molar-refractivity contribution in [3.05, 3.63) is 77.0 Å². The lowest BCUT2D eigenvalue weighted by Gasteiger charge is -2.29. The normalized spacial score (nSPS) is 16.1. The number of nitrogens with one attached hydrogen (secondary N) is 1. The average molecular weight is 475 g/mol. The lowest BCUT2D eigenvalue weighted by atomic mass is 9.93. The fourth-order valence-electron chi connectivity index (χ4n) is 4.85. The second kappa shape index (κ2) is 9.23. The van der Waals surface area contributed by atoms with Crippen molar-refractivity contribution in [3.63, 3.8) is 0 Å². The molecule has 0 saturated heterocycles. The maximum absolute atomic E-state index is 15.0. The van der Waals surface area contributed by atoms with Crippen LogP contribution in [-0.2, 0) is 6.42 Å². The molecule has 180 valence electrons. The highest BCUT2D eigenvalue weighted by atomic mass is 19.1. The molecular weight excluding hydrogens is 446 g/mol. The first kappa shape index (κ1) is 23.2. The molecule has 5 nitrogen and oxygen atoms in total. The number of nitrogen functional groups attached to an aromatic ring is 1. The van der Waals surface area contributed by atoms with Crippen LogP contribution in [0.2, 0.25) is 0 Å². The Bertz CT molecular complexity index is 1330. The molecule has 0 bridgehead atoms. The lowest BCUT2D eigenvalue weighted by Crippen LogP contribution is -2.34. The minimum atomic E-state index is -0.707. The molecule has 0 radical (unpaired) electrons. The van der Waals surface area contributed by atoms with Crippen LogP contribution in [0.4, 0.5) is 14.6 Å². The molecule has 3 heterocycles. The third-order valence-corrected chi connectivity index (χ3v) is 6.95. The smallest absolute Gasteiger partial charge is 0.251 e. The molecular formula is C28H28F2N4O. The second-order valence-corrected chi connectivity index (χ2v) is 9.40. The van der Waals surface area contributed by atoms with Gasteiger partial charge < -0.3 is 11.1 Å². The average Bonchev–Trinajstić information content (AvgIpc) is 2.85. The Hall–Kier alpha value is -3.58. The number of pyridine rings is 1. The van der Waals surface area contributed by atoms with Crippen LogP contribution in [0.25, 0.3) is 27.8 Å². The van der Waals surface area contributed by atoms with E-state index in [9.17, 15) is 9.18 Å².